The summed E-state index contributed by atoms with van der Waals surface area (Å²) in [6.45, 7) is 5.56. The molecule has 0 bridgehead atoms. The lowest BCUT2D eigenvalue weighted by atomic mass is 10.1. The highest BCUT2D eigenvalue weighted by Crippen LogP contribution is 2.25. The van der Waals surface area contributed by atoms with Crippen LogP contribution in [0.5, 0.6) is 5.75 Å². The van der Waals surface area contributed by atoms with Crippen LogP contribution >= 0.6 is 11.6 Å². The van der Waals surface area contributed by atoms with Crippen molar-refractivity contribution in [3.05, 3.63) is 58.1 Å². The minimum atomic E-state index is -0.738. The fraction of sp³-hybridized carbons (Fsp3) is 0.263. The van der Waals surface area contributed by atoms with Gasteiger partial charge < -0.3 is 14.8 Å². The zero-order chi connectivity index (χ0) is 18.6. The molecular weight excluding hydrogens is 342 g/mol. The molecule has 0 unspecified atom stereocenters. The van der Waals surface area contributed by atoms with E-state index in [-0.39, 0.29) is 5.91 Å². The Balaban J connectivity index is 2.13. The summed E-state index contributed by atoms with van der Waals surface area (Å²) < 4.78 is 10.4. The molecule has 1 N–H and O–H groups in total. The van der Waals surface area contributed by atoms with Crippen LogP contribution in [0.4, 0.5) is 5.69 Å². The number of amides is 1. The van der Waals surface area contributed by atoms with Crippen molar-refractivity contribution in [3.8, 4) is 5.75 Å². The Morgan fingerprint density at radius 2 is 1.88 bits per heavy atom. The number of esters is 1. The minimum Gasteiger partial charge on any atom is -0.481 e. The van der Waals surface area contributed by atoms with Crippen LogP contribution in [-0.2, 0) is 9.53 Å². The zero-order valence-corrected chi connectivity index (χ0v) is 15.3. The van der Waals surface area contributed by atoms with E-state index in [0.717, 1.165) is 11.1 Å². The van der Waals surface area contributed by atoms with Crippen molar-refractivity contribution >= 4 is 29.2 Å². The predicted molar refractivity (Wildman–Crippen MR) is 97.4 cm³/mol. The maximum absolute atomic E-state index is 12.4. The lowest BCUT2D eigenvalue weighted by Crippen LogP contribution is -2.30. The quantitative estimate of drug-likeness (QED) is 0.812. The highest BCUT2D eigenvalue weighted by Gasteiger charge is 2.18. The van der Waals surface area contributed by atoms with Gasteiger partial charge >= 0.3 is 5.97 Å². The van der Waals surface area contributed by atoms with Crippen LogP contribution in [0.2, 0.25) is 5.02 Å². The normalized spacial score (nSPS) is 11.6. The first-order valence-electron chi connectivity index (χ1n) is 7.75. The summed E-state index contributed by atoms with van der Waals surface area (Å²) in [5.41, 5.74) is 2.68. The van der Waals surface area contributed by atoms with Crippen molar-refractivity contribution in [1.29, 1.82) is 0 Å². The van der Waals surface area contributed by atoms with E-state index in [9.17, 15) is 9.59 Å². The molecule has 0 aliphatic carbocycles. The molecule has 0 aliphatic heterocycles. The van der Waals surface area contributed by atoms with Crippen LogP contribution in [0.25, 0.3) is 0 Å². The fourth-order valence-electron chi connectivity index (χ4n) is 2.20. The van der Waals surface area contributed by atoms with Crippen LogP contribution in [-0.4, -0.2) is 25.1 Å². The summed E-state index contributed by atoms with van der Waals surface area (Å²) in [6.07, 6.45) is -0.738. The second-order valence-corrected chi connectivity index (χ2v) is 6.04. The van der Waals surface area contributed by atoms with Crippen molar-refractivity contribution in [1.82, 2.24) is 0 Å². The summed E-state index contributed by atoms with van der Waals surface area (Å²) in [6, 6.07) is 10.2. The number of carbonyl (C=O) groups excluding carboxylic acids is 2. The molecule has 2 aromatic carbocycles. The summed E-state index contributed by atoms with van der Waals surface area (Å²) in [7, 11) is 1.29. The van der Waals surface area contributed by atoms with Gasteiger partial charge in [-0.3, -0.25) is 4.79 Å². The molecule has 132 valence electrons. The van der Waals surface area contributed by atoms with Crippen LogP contribution in [0, 0.1) is 13.8 Å². The summed E-state index contributed by atoms with van der Waals surface area (Å²) >= 11 is 6.09. The number of carbonyl (C=O) groups is 2. The summed E-state index contributed by atoms with van der Waals surface area (Å²) in [5, 5.41) is 3.00. The second-order valence-electron chi connectivity index (χ2n) is 5.63. The molecule has 5 nitrogen and oxygen atoms in total. The maximum Gasteiger partial charge on any atom is 0.337 e. The molecule has 0 heterocycles. The van der Waals surface area contributed by atoms with Gasteiger partial charge in [-0.2, -0.15) is 0 Å². The van der Waals surface area contributed by atoms with Crippen molar-refractivity contribution in [2.75, 3.05) is 12.4 Å². The van der Waals surface area contributed by atoms with Gasteiger partial charge in [0.25, 0.3) is 5.91 Å². The molecule has 25 heavy (non-hydrogen) atoms. The number of nitrogens with one attached hydrogen (secondary N) is 1. The molecule has 2 rings (SSSR count). The molecule has 0 aromatic heterocycles. The molecule has 0 aliphatic rings. The van der Waals surface area contributed by atoms with E-state index >= 15 is 0 Å². The van der Waals surface area contributed by atoms with E-state index in [1.807, 2.05) is 32.0 Å². The molecule has 1 atom stereocenters. The van der Waals surface area contributed by atoms with Gasteiger partial charge in [-0.1, -0.05) is 23.7 Å². The standard InChI is InChI=1S/C19H20ClNO4/c1-11-6-5-7-17(12(11)2)25-13(3)18(22)21-16-10-14(19(23)24-4)8-9-15(16)20/h5-10,13H,1-4H3,(H,21,22)/t13-/m1/s1. The van der Waals surface area contributed by atoms with Gasteiger partial charge in [0.1, 0.15) is 5.75 Å². The Morgan fingerprint density at radius 1 is 1.16 bits per heavy atom. The summed E-state index contributed by atoms with van der Waals surface area (Å²) in [5.74, 6) is -0.228. The number of anilines is 1. The van der Waals surface area contributed by atoms with Gasteiger partial charge in [-0.25, -0.2) is 4.79 Å². The molecule has 2 aromatic rings. The van der Waals surface area contributed by atoms with Crippen LogP contribution < -0.4 is 10.1 Å². The van der Waals surface area contributed by atoms with Gasteiger partial charge in [-0.15, -0.1) is 0 Å². The number of ether oxygens (including phenoxy) is 2. The van der Waals surface area contributed by atoms with E-state index in [0.29, 0.717) is 22.0 Å². The van der Waals surface area contributed by atoms with Crippen LogP contribution in [0.15, 0.2) is 36.4 Å². The molecule has 1 amide bonds. The average Bonchev–Trinajstić information content (AvgIpc) is 2.60. The van der Waals surface area contributed by atoms with Crippen molar-refractivity contribution in [3.63, 3.8) is 0 Å². The molecule has 0 saturated heterocycles. The Morgan fingerprint density at radius 3 is 2.56 bits per heavy atom. The Labute approximate surface area is 151 Å². The Kier molecular flexibility index (Phi) is 6.04. The lowest BCUT2D eigenvalue weighted by molar-refractivity contribution is -0.122. The minimum absolute atomic E-state index is 0.297. The monoisotopic (exact) mass is 361 g/mol. The number of benzene rings is 2. The third kappa shape index (κ3) is 4.51. The molecule has 0 radical (unpaired) electrons. The van der Waals surface area contributed by atoms with E-state index in [1.165, 1.54) is 25.3 Å². The third-order valence-electron chi connectivity index (χ3n) is 3.87. The Bertz CT molecular complexity index is 804. The highest BCUT2D eigenvalue weighted by molar-refractivity contribution is 6.33. The zero-order valence-electron chi connectivity index (χ0n) is 14.6. The SMILES string of the molecule is COC(=O)c1ccc(Cl)c(NC(=O)[C@@H](C)Oc2cccc(C)c2C)c1. The van der Waals surface area contributed by atoms with E-state index in [1.54, 1.807) is 6.92 Å². The van der Waals surface area contributed by atoms with E-state index in [2.05, 4.69) is 10.1 Å². The van der Waals surface area contributed by atoms with Crippen molar-refractivity contribution in [2.45, 2.75) is 26.9 Å². The third-order valence-corrected chi connectivity index (χ3v) is 4.20. The topological polar surface area (TPSA) is 64.6 Å². The number of halogens is 1. The second kappa shape index (κ2) is 8.03. The number of rotatable bonds is 5. The maximum atomic E-state index is 12.4. The van der Waals surface area contributed by atoms with Crippen molar-refractivity contribution < 1.29 is 19.1 Å². The van der Waals surface area contributed by atoms with Crippen molar-refractivity contribution in [2.24, 2.45) is 0 Å². The van der Waals surface area contributed by atoms with Gasteiger partial charge in [-0.05, 0) is 56.2 Å². The molecule has 0 saturated carbocycles. The van der Waals surface area contributed by atoms with Gasteiger partial charge in [0.05, 0.1) is 23.4 Å². The lowest BCUT2D eigenvalue weighted by Gasteiger charge is -2.17. The summed E-state index contributed by atoms with van der Waals surface area (Å²) in [4.78, 5) is 24.0. The smallest absolute Gasteiger partial charge is 0.337 e. The fourth-order valence-corrected chi connectivity index (χ4v) is 2.36. The van der Waals surface area contributed by atoms with E-state index < -0.39 is 12.1 Å². The first-order valence-corrected chi connectivity index (χ1v) is 8.13. The first-order chi connectivity index (χ1) is 11.8. The number of aryl methyl sites for hydroxylation is 1. The molecule has 6 heteroatoms. The molecule has 0 fully saturated rings. The molecule has 0 spiro atoms. The molecular formula is C19H20ClNO4. The average molecular weight is 362 g/mol. The van der Waals surface area contributed by atoms with Crippen LogP contribution in [0.1, 0.15) is 28.4 Å². The largest absolute Gasteiger partial charge is 0.481 e. The number of hydrogen-bond acceptors (Lipinski definition) is 4. The van der Waals surface area contributed by atoms with Gasteiger partial charge in [0, 0.05) is 0 Å². The Hall–Kier alpha value is -2.53. The highest BCUT2D eigenvalue weighted by atomic mass is 35.5. The predicted octanol–water partition coefficient (Wildman–Crippen LogP) is 4.15. The van der Waals surface area contributed by atoms with Gasteiger partial charge in [0.15, 0.2) is 6.10 Å². The van der Waals surface area contributed by atoms with E-state index in [4.69, 9.17) is 16.3 Å². The number of hydrogen-bond donors (Lipinski definition) is 1. The van der Waals surface area contributed by atoms with Crippen LogP contribution in [0.3, 0.4) is 0 Å². The number of methoxy groups -OCH3 is 1. The first kappa shape index (κ1) is 18.8. The van der Waals surface area contributed by atoms with Gasteiger partial charge in [0.2, 0.25) is 0 Å².